The number of sulfonamides is 1. The quantitative estimate of drug-likeness (QED) is 0.821. The fourth-order valence-corrected chi connectivity index (χ4v) is 4.21. The summed E-state index contributed by atoms with van der Waals surface area (Å²) in [4.78, 5) is 11.9. The van der Waals surface area contributed by atoms with Crippen molar-refractivity contribution < 1.29 is 18.3 Å². The van der Waals surface area contributed by atoms with E-state index in [9.17, 15) is 13.2 Å². The molecule has 5 nitrogen and oxygen atoms in total. The van der Waals surface area contributed by atoms with Crippen LogP contribution < -0.4 is 4.72 Å². The van der Waals surface area contributed by atoms with Crippen molar-refractivity contribution in [3.8, 4) is 0 Å². The summed E-state index contributed by atoms with van der Waals surface area (Å²) >= 11 is 4.53. The Labute approximate surface area is 134 Å². The lowest BCUT2D eigenvalue weighted by molar-refractivity contribution is 0.0695. The van der Waals surface area contributed by atoms with Gasteiger partial charge in [-0.2, -0.15) is 0 Å². The van der Waals surface area contributed by atoms with Crippen LogP contribution in [0.5, 0.6) is 0 Å². The predicted octanol–water partition coefficient (Wildman–Crippen LogP) is 3.25. The van der Waals surface area contributed by atoms with Crippen LogP contribution in [0.1, 0.15) is 28.2 Å². The van der Waals surface area contributed by atoms with E-state index in [1.165, 1.54) is 23.5 Å². The number of carboxylic acids is 1. The first-order valence-electron chi connectivity index (χ1n) is 5.90. The molecule has 21 heavy (non-hydrogen) atoms. The highest BCUT2D eigenvalue weighted by atomic mass is 79.9. The number of rotatable bonds is 5. The molecule has 0 amide bonds. The van der Waals surface area contributed by atoms with Crippen LogP contribution in [0, 0.1) is 0 Å². The van der Waals surface area contributed by atoms with E-state index in [1.807, 2.05) is 17.5 Å². The number of thiophene rings is 1. The van der Waals surface area contributed by atoms with E-state index in [0.717, 1.165) is 10.9 Å². The molecule has 1 aromatic carbocycles. The molecule has 2 rings (SSSR count). The monoisotopic (exact) mass is 389 g/mol. The number of benzene rings is 1. The van der Waals surface area contributed by atoms with E-state index in [4.69, 9.17) is 5.11 Å². The molecule has 0 radical (unpaired) electrons. The summed E-state index contributed by atoms with van der Waals surface area (Å²) in [6, 6.07) is 7.20. The molecular formula is C13H12BrNO4S2. The fourth-order valence-electron chi connectivity index (χ4n) is 1.73. The van der Waals surface area contributed by atoms with Crippen molar-refractivity contribution in [2.75, 3.05) is 0 Å². The van der Waals surface area contributed by atoms with Gasteiger partial charge in [-0.05, 0) is 52.5 Å². The molecule has 1 heterocycles. The van der Waals surface area contributed by atoms with Gasteiger partial charge in [0.1, 0.15) is 0 Å². The van der Waals surface area contributed by atoms with Crippen LogP contribution in [0.15, 0.2) is 45.1 Å². The first-order valence-corrected chi connectivity index (χ1v) is 9.05. The number of hydrogen-bond acceptors (Lipinski definition) is 4. The van der Waals surface area contributed by atoms with Crippen LogP contribution in [-0.2, 0) is 10.0 Å². The summed E-state index contributed by atoms with van der Waals surface area (Å²) < 4.78 is 27.5. The molecule has 1 atom stereocenters. The van der Waals surface area contributed by atoms with Crippen LogP contribution in [0.2, 0.25) is 0 Å². The van der Waals surface area contributed by atoms with Gasteiger partial charge in [-0.3, -0.25) is 0 Å². The molecule has 0 aliphatic carbocycles. The maximum atomic E-state index is 12.3. The summed E-state index contributed by atoms with van der Waals surface area (Å²) in [5, 5.41) is 10.9. The first-order chi connectivity index (χ1) is 9.81. The minimum absolute atomic E-state index is 0.0773. The largest absolute Gasteiger partial charge is 0.478 e. The van der Waals surface area contributed by atoms with E-state index in [2.05, 4.69) is 20.7 Å². The lowest BCUT2D eigenvalue weighted by atomic mass is 10.2. The molecule has 1 aromatic heterocycles. The minimum Gasteiger partial charge on any atom is -0.478 e. The Morgan fingerprint density at radius 1 is 1.38 bits per heavy atom. The van der Waals surface area contributed by atoms with Gasteiger partial charge in [-0.1, -0.05) is 6.07 Å². The Hall–Kier alpha value is -1.22. The van der Waals surface area contributed by atoms with Crippen LogP contribution in [0.3, 0.4) is 0 Å². The Morgan fingerprint density at radius 3 is 2.67 bits per heavy atom. The maximum absolute atomic E-state index is 12.3. The molecule has 2 aromatic rings. The first kappa shape index (κ1) is 16.2. The lowest BCUT2D eigenvalue weighted by Gasteiger charge is -2.13. The molecule has 8 heteroatoms. The van der Waals surface area contributed by atoms with E-state index in [0.29, 0.717) is 4.47 Å². The van der Waals surface area contributed by atoms with Gasteiger partial charge < -0.3 is 5.11 Å². The van der Waals surface area contributed by atoms with Crippen LogP contribution >= 0.6 is 27.3 Å². The number of carbonyl (C=O) groups is 1. The van der Waals surface area contributed by atoms with Gasteiger partial charge >= 0.3 is 5.97 Å². The summed E-state index contributed by atoms with van der Waals surface area (Å²) in [6.07, 6.45) is 0. The molecule has 112 valence electrons. The number of halogens is 1. The third-order valence-electron chi connectivity index (χ3n) is 2.78. The zero-order chi connectivity index (χ0) is 15.6. The number of nitrogens with one attached hydrogen (secondary N) is 1. The van der Waals surface area contributed by atoms with Gasteiger partial charge in [0.05, 0.1) is 16.5 Å². The van der Waals surface area contributed by atoms with Crippen molar-refractivity contribution in [1.29, 1.82) is 0 Å². The molecule has 0 saturated heterocycles. The van der Waals surface area contributed by atoms with Crippen molar-refractivity contribution in [3.63, 3.8) is 0 Å². The van der Waals surface area contributed by atoms with Gasteiger partial charge in [0, 0.05) is 9.35 Å². The maximum Gasteiger partial charge on any atom is 0.336 e. The van der Waals surface area contributed by atoms with Crippen molar-refractivity contribution in [2.24, 2.45) is 0 Å². The van der Waals surface area contributed by atoms with E-state index >= 15 is 0 Å². The average Bonchev–Trinajstić information content (AvgIpc) is 2.92. The third kappa shape index (κ3) is 3.70. The van der Waals surface area contributed by atoms with Gasteiger partial charge in [-0.15, -0.1) is 11.3 Å². The lowest BCUT2D eigenvalue weighted by Crippen LogP contribution is -2.26. The average molecular weight is 390 g/mol. The van der Waals surface area contributed by atoms with Gasteiger partial charge in [0.2, 0.25) is 10.0 Å². The van der Waals surface area contributed by atoms with E-state index in [-0.39, 0.29) is 16.5 Å². The van der Waals surface area contributed by atoms with E-state index in [1.54, 1.807) is 6.92 Å². The molecule has 0 bridgehead atoms. The standard InChI is InChI=1S/C13H12BrNO4S2/c1-8(12-3-2-6-20-12)15-21(18,19)9-4-5-11(14)10(7-9)13(16)17/h2-8,15H,1H3,(H,16,17). The van der Waals surface area contributed by atoms with Crippen molar-refractivity contribution in [3.05, 3.63) is 50.6 Å². The molecule has 0 aliphatic heterocycles. The van der Waals surface area contributed by atoms with Crippen LogP contribution in [-0.4, -0.2) is 19.5 Å². The summed E-state index contributed by atoms with van der Waals surface area (Å²) in [5.74, 6) is -1.19. The molecular weight excluding hydrogens is 378 g/mol. The zero-order valence-electron chi connectivity index (χ0n) is 10.9. The van der Waals surface area contributed by atoms with Crippen molar-refractivity contribution in [1.82, 2.24) is 4.72 Å². The summed E-state index contributed by atoms with van der Waals surface area (Å²) in [7, 11) is -3.79. The SMILES string of the molecule is CC(NS(=O)(=O)c1ccc(Br)c(C(=O)O)c1)c1cccs1. The highest BCUT2D eigenvalue weighted by Crippen LogP contribution is 2.24. The Balaban J connectivity index is 2.32. The molecule has 1 unspecified atom stereocenters. The Morgan fingerprint density at radius 2 is 2.10 bits per heavy atom. The number of aromatic carboxylic acids is 1. The van der Waals surface area contributed by atoms with Crippen molar-refractivity contribution >= 4 is 43.3 Å². The second kappa shape index (κ2) is 6.27. The third-order valence-corrected chi connectivity index (χ3v) is 6.07. The van der Waals surface area contributed by atoms with E-state index < -0.39 is 16.0 Å². The molecule has 0 spiro atoms. The van der Waals surface area contributed by atoms with Crippen molar-refractivity contribution in [2.45, 2.75) is 17.9 Å². The molecule has 0 fully saturated rings. The number of hydrogen-bond donors (Lipinski definition) is 2. The zero-order valence-corrected chi connectivity index (χ0v) is 14.1. The molecule has 2 N–H and O–H groups in total. The normalized spacial score (nSPS) is 13.0. The Kier molecular flexibility index (Phi) is 4.82. The highest BCUT2D eigenvalue weighted by molar-refractivity contribution is 9.10. The van der Waals surface area contributed by atoms with Crippen LogP contribution in [0.4, 0.5) is 0 Å². The summed E-state index contributed by atoms with van der Waals surface area (Å²) in [5.41, 5.74) is -0.0957. The second-order valence-corrected chi connectivity index (χ2v) is 7.85. The molecule has 0 aliphatic rings. The topological polar surface area (TPSA) is 83.5 Å². The number of carboxylic acid groups (broad SMARTS) is 1. The highest BCUT2D eigenvalue weighted by Gasteiger charge is 2.21. The summed E-state index contributed by atoms with van der Waals surface area (Å²) in [6.45, 7) is 1.74. The van der Waals surface area contributed by atoms with Gasteiger partial charge in [-0.25, -0.2) is 17.9 Å². The van der Waals surface area contributed by atoms with Gasteiger partial charge in [0.25, 0.3) is 0 Å². The predicted molar refractivity (Wildman–Crippen MR) is 84.2 cm³/mol. The fraction of sp³-hybridized carbons (Fsp3) is 0.154. The van der Waals surface area contributed by atoms with Crippen LogP contribution in [0.25, 0.3) is 0 Å². The molecule has 0 saturated carbocycles. The smallest absolute Gasteiger partial charge is 0.336 e. The van der Waals surface area contributed by atoms with Gasteiger partial charge in [0.15, 0.2) is 0 Å². The second-order valence-electron chi connectivity index (χ2n) is 4.31. The Bertz CT molecular complexity index is 756. The minimum atomic E-state index is -3.79.